The molecule has 2 aliphatic rings. The summed E-state index contributed by atoms with van der Waals surface area (Å²) in [7, 11) is 2.08. The van der Waals surface area contributed by atoms with E-state index in [4.69, 9.17) is 14.3 Å². The number of rotatable bonds is 3. The van der Waals surface area contributed by atoms with Crippen LogP contribution in [-0.4, -0.2) is 30.1 Å². The molecule has 27 heavy (non-hydrogen) atoms. The van der Waals surface area contributed by atoms with Crippen molar-refractivity contribution in [3.8, 4) is 11.5 Å². The number of hydrogen-bond acceptors (Lipinski definition) is 4. The summed E-state index contributed by atoms with van der Waals surface area (Å²) < 4.78 is 14.3. The second-order valence-corrected chi connectivity index (χ2v) is 7.07. The number of nitrogens with zero attached hydrogens (tertiary/aromatic N) is 2. The van der Waals surface area contributed by atoms with Gasteiger partial charge in [0.1, 0.15) is 13.2 Å². The van der Waals surface area contributed by atoms with E-state index in [2.05, 4.69) is 53.3 Å². The first-order valence-electron chi connectivity index (χ1n) is 9.40. The first-order valence-corrected chi connectivity index (χ1v) is 9.40. The number of hydrogen-bond donors (Lipinski definition) is 0. The topological polar surface area (TPSA) is 45.0 Å². The molecule has 3 heterocycles. The van der Waals surface area contributed by atoms with Crippen LogP contribution in [0.25, 0.3) is 10.9 Å². The molecule has 0 bridgehead atoms. The van der Waals surface area contributed by atoms with Crippen molar-refractivity contribution < 1.29 is 14.3 Å². The quantitative estimate of drug-likeness (QED) is 0.704. The van der Waals surface area contributed by atoms with Crippen molar-refractivity contribution in [3.05, 3.63) is 59.8 Å². The number of para-hydroxylation sites is 2. The first kappa shape index (κ1) is 16.2. The molecule has 1 aromatic heterocycles. The number of fused-ring (bicyclic) bond motifs is 3. The highest BCUT2D eigenvalue weighted by Crippen LogP contribution is 2.45. The molecule has 5 rings (SSSR count). The third-order valence-corrected chi connectivity index (χ3v) is 5.45. The van der Waals surface area contributed by atoms with E-state index in [9.17, 15) is 0 Å². The Morgan fingerprint density at radius 2 is 2.00 bits per heavy atom. The van der Waals surface area contributed by atoms with Crippen molar-refractivity contribution in [1.82, 2.24) is 4.57 Å². The average molecular weight is 362 g/mol. The number of ether oxygens (including phenoxy) is 2. The Morgan fingerprint density at radius 3 is 2.89 bits per heavy atom. The largest absolute Gasteiger partial charge is 0.490 e. The summed E-state index contributed by atoms with van der Waals surface area (Å²) in [6.07, 6.45) is 2.20. The third kappa shape index (κ3) is 2.49. The predicted molar refractivity (Wildman–Crippen MR) is 105 cm³/mol. The molecular weight excluding hydrogens is 340 g/mol. The van der Waals surface area contributed by atoms with Gasteiger partial charge in [0.15, 0.2) is 11.5 Å². The molecule has 0 aliphatic carbocycles. The molecule has 2 aliphatic heterocycles. The molecule has 5 nitrogen and oxygen atoms in total. The van der Waals surface area contributed by atoms with E-state index in [-0.39, 0.29) is 11.8 Å². The summed E-state index contributed by atoms with van der Waals surface area (Å²) in [5.74, 6) is 1.76. The van der Waals surface area contributed by atoms with Crippen LogP contribution in [0.15, 0.2) is 53.8 Å². The molecule has 0 unspecified atom stereocenters. The van der Waals surface area contributed by atoms with E-state index < -0.39 is 0 Å². The fourth-order valence-corrected chi connectivity index (χ4v) is 4.24. The van der Waals surface area contributed by atoms with E-state index in [0.29, 0.717) is 19.8 Å². The van der Waals surface area contributed by atoms with Gasteiger partial charge in [-0.1, -0.05) is 35.5 Å². The Hall–Kier alpha value is -2.95. The maximum absolute atomic E-state index is 6.22. The van der Waals surface area contributed by atoms with Crippen LogP contribution in [0.5, 0.6) is 11.5 Å². The van der Waals surface area contributed by atoms with Gasteiger partial charge in [-0.3, -0.25) is 0 Å². The Kier molecular flexibility index (Phi) is 3.81. The van der Waals surface area contributed by atoms with Crippen LogP contribution in [-0.2, 0) is 11.9 Å². The smallest absolute Gasteiger partial charge is 0.165 e. The lowest BCUT2D eigenvalue weighted by molar-refractivity contribution is 0.136. The lowest BCUT2D eigenvalue weighted by atomic mass is 9.82. The lowest BCUT2D eigenvalue weighted by Crippen LogP contribution is -2.23. The van der Waals surface area contributed by atoms with Crippen LogP contribution in [0.3, 0.4) is 0 Å². The molecular formula is C22H22N2O3. The number of aryl methyl sites for hydroxylation is 1. The maximum Gasteiger partial charge on any atom is 0.165 e. The van der Waals surface area contributed by atoms with Crippen LogP contribution in [0.4, 0.5) is 0 Å². The average Bonchev–Trinajstić information content (AvgIpc) is 3.24. The second kappa shape index (κ2) is 6.34. The van der Waals surface area contributed by atoms with Crippen LogP contribution >= 0.6 is 0 Å². The minimum Gasteiger partial charge on any atom is -0.490 e. The molecule has 0 saturated carbocycles. The Labute approximate surface area is 158 Å². The van der Waals surface area contributed by atoms with Crippen molar-refractivity contribution in [1.29, 1.82) is 0 Å². The van der Waals surface area contributed by atoms with Crippen LogP contribution in [0, 0.1) is 5.92 Å². The summed E-state index contributed by atoms with van der Waals surface area (Å²) in [5, 5.41) is 5.68. The van der Waals surface area contributed by atoms with Gasteiger partial charge >= 0.3 is 0 Å². The lowest BCUT2D eigenvalue weighted by Gasteiger charge is -2.19. The molecule has 0 radical (unpaired) electrons. The monoisotopic (exact) mass is 362 g/mol. The van der Waals surface area contributed by atoms with Gasteiger partial charge in [0.2, 0.25) is 0 Å². The summed E-state index contributed by atoms with van der Waals surface area (Å²) >= 11 is 0. The van der Waals surface area contributed by atoms with E-state index in [0.717, 1.165) is 22.8 Å². The van der Waals surface area contributed by atoms with Gasteiger partial charge in [-0.2, -0.15) is 0 Å². The minimum atomic E-state index is -0.0125. The zero-order valence-electron chi connectivity index (χ0n) is 15.5. The molecule has 3 aromatic rings. The Balaban J connectivity index is 1.77. The van der Waals surface area contributed by atoms with Gasteiger partial charge in [0.25, 0.3) is 0 Å². The van der Waals surface area contributed by atoms with Gasteiger partial charge in [-0.25, -0.2) is 0 Å². The number of oxime groups is 1. The first-order chi connectivity index (χ1) is 13.3. The van der Waals surface area contributed by atoms with E-state index in [1.807, 2.05) is 19.1 Å². The summed E-state index contributed by atoms with van der Waals surface area (Å²) in [5.41, 5.74) is 4.56. The molecule has 5 heteroatoms. The molecule has 0 N–H and O–H groups in total. The fourth-order valence-electron chi connectivity index (χ4n) is 4.24. The van der Waals surface area contributed by atoms with Crippen molar-refractivity contribution >= 4 is 16.6 Å². The second-order valence-electron chi connectivity index (χ2n) is 7.07. The molecule has 0 spiro atoms. The number of benzene rings is 2. The molecule has 2 aromatic carbocycles. The molecule has 0 fully saturated rings. The van der Waals surface area contributed by atoms with Gasteiger partial charge < -0.3 is 18.9 Å². The van der Waals surface area contributed by atoms with Gasteiger partial charge in [0.05, 0.1) is 24.2 Å². The zero-order chi connectivity index (χ0) is 18.4. The molecule has 138 valence electrons. The highest BCUT2D eigenvalue weighted by Gasteiger charge is 2.39. The fraction of sp³-hybridized carbons (Fsp3) is 0.318. The van der Waals surface area contributed by atoms with Gasteiger partial charge in [-0.05, 0) is 24.6 Å². The van der Waals surface area contributed by atoms with Gasteiger partial charge in [0, 0.05) is 29.7 Å². The molecule has 0 saturated heterocycles. The highest BCUT2D eigenvalue weighted by atomic mass is 16.6. The van der Waals surface area contributed by atoms with E-state index in [1.165, 1.54) is 16.5 Å². The summed E-state index contributed by atoms with van der Waals surface area (Å²) in [4.78, 5) is 5.48. The van der Waals surface area contributed by atoms with Crippen molar-refractivity contribution in [3.63, 3.8) is 0 Å². The normalized spacial score (nSPS) is 20.9. The van der Waals surface area contributed by atoms with Crippen LogP contribution in [0.1, 0.15) is 24.0 Å². The molecule has 2 atom stereocenters. The standard InChI is InChI=1S/C22H22N2O3/c1-3-25-19-10-6-8-16-20(21-14(13-27-23-21)12-26-22(16)19)17-11-24(2)18-9-5-4-7-15(17)18/h4-11,14,20H,3,12-13H2,1-2H3/t14-,20-/m1/s1. The Morgan fingerprint density at radius 1 is 1.11 bits per heavy atom. The van der Waals surface area contributed by atoms with Gasteiger partial charge in [-0.15, -0.1) is 0 Å². The zero-order valence-corrected chi connectivity index (χ0v) is 15.5. The Bertz CT molecular complexity index is 1040. The number of aromatic nitrogens is 1. The van der Waals surface area contributed by atoms with Crippen molar-refractivity contribution in [2.75, 3.05) is 19.8 Å². The van der Waals surface area contributed by atoms with Crippen molar-refractivity contribution in [2.45, 2.75) is 12.8 Å². The minimum absolute atomic E-state index is 0.0125. The van der Waals surface area contributed by atoms with Crippen LogP contribution < -0.4 is 9.47 Å². The summed E-state index contributed by atoms with van der Waals surface area (Å²) in [6, 6.07) is 14.6. The third-order valence-electron chi connectivity index (χ3n) is 5.45. The maximum atomic E-state index is 6.22. The predicted octanol–water partition coefficient (Wildman–Crippen LogP) is 4.10. The summed E-state index contributed by atoms with van der Waals surface area (Å²) in [6.45, 7) is 3.71. The highest BCUT2D eigenvalue weighted by molar-refractivity contribution is 6.01. The SMILES string of the molecule is CCOc1cccc2c1OC[C@@H]1CON=C1[C@H]2c1cn(C)c2ccccc12. The van der Waals surface area contributed by atoms with E-state index >= 15 is 0 Å². The molecule has 0 amide bonds. The van der Waals surface area contributed by atoms with Crippen LogP contribution in [0.2, 0.25) is 0 Å². The van der Waals surface area contributed by atoms with Crippen molar-refractivity contribution in [2.24, 2.45) is 18.1 Å². The van der Waals surface area contributed by atoms with E-state index in [1.54, 1.807) is 0 Å².